The van der Waals surface area contributed by atoms with Gasteiger partial charge in [0, 0.05) is 37.3 Å². The van der Waals surface area contributed by atoms with E-state index in [1.54, 1.807) is 13.8 Å². The van der Waals surface area contributed by atoms with Gasteiger partial charge in [0.25, 0.3) is 0 Å². The van der Waals surface area contributed by atoms with Crippen LogP contribution in [0.25, 0.3) is 33.5 Å². The molecule has 0 spiro atoms. The number of hydrogen-bond acceptors (Lipinski definition) is 7. The maximum Gasteiger partial charge on any atom is 0.244 e. The molecule has 2 aromatic heterocycles. The van der Waals surface area contributed by atoms with Gasteiger partial charge in [-0.05, 0) is 32.4 Å². The van der Waals surface area contributed by atoms with E-state index in [-0.39, 0.29) is 5.95 Å². The normalized spacial score (nSPS) is 15.2. The van der Waals surface area contributed by atoms with Crippen molar-refractivity contribution in [2.45, 2.75) is 32.1 Å². The van der Waals surface area contributed by atoms with Gasteiger partial charge in [-0.15, -0.1) is 0 Å². The molecule has 4 aromatic rings. The number of nitrogens with zero attached hydrogens (tertiary/aromatic N) is 5. The van der Waals surface area contributed by atoms with E-state index in [1.807, 2.05) is 54.9 Å². The van der Waals surface area contributed by atoms with E-state index in [4.69, 9.17) is 15.5 Å². The Kier molecular flexibility index (Phi) is 6.83. The second-order valence-electron chi connectivity index (χ2n) is 9.34. The summed E-state index contributed by atoms with van der Waals surface area (Å²) >= 11 is 0. The minimum absolute atomic E-state index is 0.0295. The van der Waals surface area contributed by atoms with Crippen LogP contribution in [0, 0.1) is 0 Å². The molecule has 0 amide bonds. The Bertz CT molecular complexity index is 1450. The van der Waals surface area contributed by atoms with Crippen LogP contribution in [0.4, 0.5) is 5.95 Å². The Morgan fingerprint density at radius 3 is 2.50 bits per heavy atom. The maximum atomic E-state index is 13.1. The molecule has 1 saturated heterocycles. The van der Waals surface area contributed by atoms with Crippen molar-refractivity contribution < 1.29 is 13.2 Å². The molecule has 36 heavy (non-hydrogen) atoms. The average Bonchev–Trinajstić information content (AvgIpc) is 3.45. The number of hydrogen-bond donors (Lipinski definition) is 1. The molecule has 0 aliphatic carbocycles. The van der Waals surface area contributed by atoms with E-state index in [0.717, 1.165) is 72.3 Å². The molecule has 0 radical (unpaired) electrons. The van der Waals surface area contributed by atoms with E-state index in [1.165, 1.54) is 0 Å². The Morgan fingerprint density at radius 2 is 1.78 bits per heavy atom. The van der Waals surface area contributed by atoms with Gasteiger partial charge in [0.2, 0.25) is 16.0 Å². The Balaban J connectivity index is 1.57. The third-order valence-electron chi connectivity index (χ3n) is 6.62. The minimum atomic E-state index is -3.68. The summed E-state index contributed by atoms with van der Waals surface area (Å²) in [6, 6.07) is 15.7. The lowest BCUT2D eigenvalue weighted by atomic mass is 10.0. The van der Waals surface area contributed by atoms with Crippen LogP contribution in [0.15, 0.2) is 54.9 Å². The van der Waals surface area contributed by atoms with Crippen molar-refractivity contribution in [3.05, 3.63) is 54.9 Å². The van der Waals surface area contributed by atoms with Crippen LogP contribution in [0.2, 0.25) is 0 Å². The van der Waals surface area contributed by atoms with Crippen LogP contribution in [0.5, 0.6) is 0 Å². The molecule has 5 rings (SSSR count). The number of rotatable bonds is 8. The Hall–Kier alpha value is -3.21. The number of nitrogen functional groups attached to an aromatic ring is 1. The summed E-state index contributed by atoms with van der Waals surface area (Å²) in [4.78, 5) is 11.5. The number of aromatic nitrogens is 4. The van der Waals surface area contributed by atoms with E-state index in [0.29, 0.717) is 11.0 Å². The van der Waals surface area contributed by atoms with Crippen LogP contribution in [-0.4, -0.2) is 69.9 Å². The Labute approximate surface area is 211 Å². The first-order valence-electron chi connectivity index (χ1n) is 12.3. The first kappa shape index (κ1) is 24.5. The molecule has 1 aliphatic rings. The molecule has 3 heterocycles. The predicted octanol–water partition coefficient (Wildman–Crippen LogP) is 3.46. The molecule has 10 heteroatoms. The molecular formula is C26H32N6O3S. The average molecular weight is 509 g/mol. The molecule has 0 bridgehead atoms. The van der Waals surface area contributed by atoms with Crippen molar-refractivity contribution in [2.24, 2.45) is 0 Å². The van der Waals surface area contributed by atoms with Gasteiger partial charge in [-0.1, -0.05) is 36.4 Å². The quantitative estimate of drug-likeness (QED) is 0.388. The first-order chi connectivity index (χ1) is 17.4. The highest BCUT2D eigenvalue weighted by Gasteiger charge is 2.25. The molecular weight excluding hydrogens is 476 g/mol. The van der Waals surface area contributed by atoms with E-state index in [2.05, 4.69) is 14.5 Å². The minimum Gasteiger partial charge on any atom is -0.379 e. The zero-order valence-corrected chi connectivity index (χ0v) is 21.5. The van der Waals surface area contributed by atoms with E-state index < -0.39 is 15.3 Å². The van der Waals surface area contributed by atoms with Gasteiger partial charge >= 0.3 is 0 Å². The molecule has 2 N–H and O–H groups in total. The standard InChI is InChI=1S/C26H32N6O3S/c1-19(2)36(33,34)32-23-17-21(9-10-22(23)29-26(32)27)25-24(20-7-4-3-5-8-20)28-18-31(25)12-6-11-30-13-15-35-16-14-30/h3-5,7-10,17-19H,6,11-16H2,1-2H3,(H2,27,29). The van der Waals surface area contributed by atoms with Gasteiger partial charge in [0.1, 0.15) is 0 Å². The number of aryl methyl sites for hydroxylation is 1. The molecule has 190 valence electrons. The van der Waals surface area contributed by atoms with Crippen LogP contribution < -0.4 is 5.73 Å². The molecule has 0 unspecified atom stereocenters. The number of morpholine rings is 1. The summed E-state index contributed by atoms with van der Waals surface area (Å²) in [6.45, 7) is 8.53. The summed E-state index contributed by atoms with van der Waals surface area (Å²) in [6.07, 6.45) is 2.84. The number of anilines is 1. The monoisotopic (exact) mass is 508 g/mol. The smallest absolute Gasteiger partial charge is 0.244 e. The topological polar surface area (TPSA) is 108 Å². The van der Waals surface area contributed by atoms with Gasteiger partial charge in [-0.2, -0.15) is 0 Å². The number of ether oxygens (including phenoxy) is 1. The number of fused-ring (bicyclic) bond motifs is 1. The molecule has 0 atom stereocenters. The highest BCUT2D eigenvalue weighted by molar-refractivity contribution is 7.90. The van der Waals surface area contributed by atoms with Gasteiger partial charge in [0.15, 0.2) is 0 Å². The molecule has 9 nitrogen and oxygen atoms in total. The van der Waals surface area contributed by atoms with Crippen LogP contribution >= 0.6 is 0 Å². The summed E-state index contributed by atoms with van der Waals surface area (Å²) in [5.41, 5.74) is 10.8. The second-order valence-corrected chi connectivity index (χ2v) is 11.7. The SMILES string of the molecule is CC(C)S(=O)(=O)n1c(N)nc2ccc(-c3c(-c4ccccc4)ncn3CCCN3CCOCC3)cc21. The van der Waals surface area contributed by atoms with Gasteiger partial charge in [-0.25, -0.2) is 22.4 Å². The van der Waals surface area contributed by atoms with Gasteiger partial charge in [-0.3, -0.25) is 4.90 Å². The van der Waals surface area contributed by atoms with E-state index in [9.17, 15) is 8.42 Å². The highest BCUT2D eigenvalue weighted by Crippen LogP contribution is 2.34. The van der Waals surface area contributed by atoms with Crippen LogP contribution in [0.3, 0.4) is 0 Å². The summed E-state index contributed by atoms with van der Waals surface area (Å²) < 4.78 is 35.0. The summed E-state index contributed by atoms with van der Waals surface area (Å²) in [5, 5.41) is -0.633. The van der Waals surface area contributed by atoms with Crippen molar-refractivity contribution in [1.82, 2.24) is 23.4 Å². The van der Waals surface area contributed by atoms with Crippen LogP contribution in [0.1, 0.15) is 20.3 Å². The third kappa shape index (κ3) is 4.63. The lowest BCUT2D eigenvalue weighted by Gasteiger charge is -2.26. The molecule has 0 saturated carbocycles. The van der Waals surface area contributed by atoms with Crippen molar-refractivity contribution in [3.8, 4) is 22.5 Å². The largest absolute Gasteiger partial charge is 0.379 e. The van der Waals surface area contributed by atoms with Crippen molar-refractivity contribution in [1.29, 1.82) is 0 Å². The first-order valence-corrected chi connectivity index (χ1v) is 13.8. The fraction of sp³-hybridized carbons (Fsp3) is 0.385. The zero-order chi connectivity index (χ0) is 25.3. The van der Waals surface area contributed by atoms with Crippen molar-refractivity contribution >= 4 is 27.0 Å². The number of nitrogens with two attached hydrogens (primary N) is 1. The predicted molar refractivity (Wildman–Crippen MR) is 142 cm³/mol. The van der Waals surface area contributed by atoms with Crippen LogP contribution in [-0.2, 0) is 21.3 Å². The summed E-state index contributed by atoms with van der Waals surface area (Å²) in [7, 11) is -3.68. The number of benzene rings is 2. The third-order valence-corrected chi connectivity index (χ3v) is 8.71. The lowest BCUT2D eigenvalue weighted by Crippen LogP contribution is -2.37. The van der Waals surface area contributed by atoms with Crippen molar-refractivity contribution in [2.75, 3.05) is 38.6 Å². The summed E-state index contributed by atoms with van der Waals surface area (Å²) in [5.74, 6) is -0.0295. The molecule has 2 aromatic carbocycles. The maximum absolute atomic E-state index is 13.1. The van der Waals surface area contributed by atoms with Gasteiger partial charge < -0.3 is 15.0 Å². The fourth-order valence-electron chi connectivity index (χ4n) is 4.65. The highest BCUT2D eigenvalue weighted by atomic mass is 32.2. The van der Waals surface area contributed by atoms with Gasteiger partial charge in [0.05, 0.1) is 47.2 Å². The zero-order valence-electron chi connectivity index (χ0n) is 20.7. The van der Waals surface area contributed by atoms with Crippen molar-refractivity contribution in [3.63, 3.8) is 0 Å². The Morgan fingerprint density at radius 1 is 1.03 bits per heavy atom. The fourth-order valence-corrected chi connectivity index (χ4v) is 5.79. The number of imidazole rings is 2. The molecule has 1 aliphatic heterocycles. The second kappa shape index (κ2) is 10.0. The lowest BCUT2D eigenvalue weighted by molar-refractivity contribution is 0.0369. The molecule has 1 fully saturated rings. The van der Waals surface area contributed by atoms with E-state index >= 15 is 0 Å².